The van der Waals surface area contributed by atoms with Gasteiger partial charge in [0.05, 0.1) is 10.7 Å². The van der Waals surface area contributed by atoms with Gasteiger partial charge in [-0.3, -0.25) is 4.79 Å². The van der Waals surface area contributed by atoms with Crippen molar-refractivity contribution in [2.45, 2.75) is 26.7 Å². The van der Waals surface area contributed by atoms with Crippen LogP contribution in [0.4, 0.5) is 5.69 Å². The van der Waals surface area contributed by atoms with Gasteiger partial charge in [0.2, 0.25) is 0 Å². The predicted molar refractivity (Wildman–Crippen MR) is 88.1 cm³/mol. The first-order chi connectivity index (χ1) is 9.60. The van der Waals surface area contributed by atoms with Gasteiger partial charge in [-0.15, -0.1) is 11.3 Å². The molecular weight excluding hydrogens is 336 g/mol. The maximum Gasteiger partial charge on any atom is 0.267 e. The SMILES string of the molecule is Cc1nc(C)c(C(=O)Nc2cccc(CCCBr)c2)s1. The average molecular weight is 353 g/mol. The van der Waals surface area contributed by atoms with Crippen molar-refractivity contribution < 1.29 is 4.79 Å². The van der Waals surface area contributed by atoms with Gasteiger partial charge in [0.25, 0.3) is 5.91 Å². The van der Waals surface area contributed by atoms with Crippen LogP contribution in [0, 0.1) is 13.8 Å². The Morgan fingerprint density at radius 1 is 1.40 bits per heavy atom. The minimum Gasteiger partial charge on any atom is -0.321 e. The average Bonchev–Trinajstić information content (AvgIpc) is 2.76. The minimum atomic E-state index is -0.0780. The van der Waals surface area contributed by atoms with Crippen molar-refractivity contribution in [2.24, 2.45) is 0 Å². The molecule has 106 valence electrons. The molecule has 0 radical (unpaired) electrons. The van der Waals surface area contributed by atoms with Crippen LogP contribution in [0.25, 0.3) is 0 Å². The van der Waals surface area contributed by atoms with Gasteiger partial charge in [0, 0.05) is 11.0 Å². The summed E-state index contributed by atoms with van der Waals surface area (Å²) in [5.74, 6) is -0.0780. The molecule has 0 saturated heterocycles. The van der Waals surface area contributed by atoms with Gasteiger partial charge in [-0.1, -0.05) is 28.1 Å². The van der Waals surface area contributed by atoms with Crippen molar-refractivity contribution in [3.8, 4) is 0 Å². The highest BCUT2D eigenvalue weighted by Gasteiger charge is 2.13. The highest BCUT2D eigenvalue weighted by molar-refractivity contribution is 9.09. The maximum atomic E-state index is 12.2. The summed E-state index contributed by atoms with van der Waals surface area (Å²) in [6.45, 7) is 3.78. The Morgan fingerprint density at radius 2 is 2.20 bits per heavy atom. The van der Waals surface area contributed by atoms with Crippen LogP contribution in [-0.4, -0.2) is 16.2 Å². The van der Waals surface area contributed by atoms with Crippen LogP contribution in [-0.2, 0) is 6.42 Å². The van der Waals surface area contributed by atoms with E-state index in [1.807, 2.05) is 32.0 Å². The van der Waals surface area contributed by atoms with Gasteiger partial charge in [-0.25, -0.2) is 4.98 Å². The summed E-state index contributed by atoms with van der Waals surface area (Å²) in [5, 5.41) is 4.85. The van der Waals surface area contributed by atoms with Crippen molar-refractivity contribution in [1.82, 2.24) is 4.98 Å². The van der Waals surface area contributed by atoms with Gasteiger partial charge < -0.3 is 5.32 Å². The third-order valence-electron chi connectivity index (χ3n) is 2.89. The van der Waals surface area contributed by atoms with Crippen LogP contribution in [0.15, 0.2) is 24.3 Å². The van der Waals surface area contributed by atoms with Gasteiger partial charge >= 0.3 is 0 Å². The molecule has 2 aromatic rings. The Hall–Kier alpha value is -1.20. The summed E-state index contributed by atoms with van der Waals surface area (Å²) in [4.78, 5) is 17.2. The van der Waals surface area contributed by atoms with Crippen molar-refractivity contribution >= 4 is 38.9 Å². The van der Waals surface area contributed by atoms with Crippen molar-refractivity contribution in [2.75, 3.05) is 10.6 Å². The number of aryl methyl sites for hydroxylation is 3. The molecule has 1 amide bonds. The molecule has 0 bridgehead atoms. The van der Waals surface area contributed by atoms with E-state index in [4.69, 9.17) is 0 Å². The molecule has 0 aliphatic carbocycles. The lowest BCUT2D eigenvalue weighted by Crippen LogP contribution is -2.11. The summed E-state index contributed by atoms with van der Waals surface area (Å²) >= 11 is 4.86. The summed E-state index contributed by atoms with van der Waals surface area (Å²) in [6, 6.07) is 8.01. The molecule has 0 spiro atoms. The molecule has 5 heteroatoms. The second-order valence-electron chi connectivity index (χ2n) is 4.59. The van der Waals surface area contributed by atoms with E-state index in [-0.39, 0.29) is 5.91 Å². The summed E-state index contributed by atoms with van der Waals surface area (Å²) < 4.78 is 0. The number of nitrogens with one attached hydrogen (secondary N) is 1. The van der Waals surface area contributed by atoms with Crippen LogP contribution < -0.4 is 5.32 Å². The molecule has 0 saturated carbocycles. The standard InChI is InChI=1S/C15H17BrN2OS/c1-10-14(20-11(2)17-10)15(19)18-13-7-3-5-12(9-13)6-4-8-16/h3,5,7,9H,4,6,8H2,1-2H3,(H,18,19). The summed E-state index contributed by atoms with van der Waals surface area (Å²) in [6.07, 6.45) is 2.10. The Balaban J connectivity index is 2.09. The first-order valence-electron chi connectivity index (χ1n) is 6.50. The fourth-order valence-electron chi connectivity index (χ4n) is 2.01. The zero-order valence-corrected chi connectivity index (χ0v) is 14.0. The third-order valence-corrected chi connectivity index (χ3v) is 4.53. The normalized spacial score (nSPS) is 10.6. The van der Waals surface area contributed by atoms with E-state index in [9.17, 15) is 4.79 Å². The molecule has 0 fully saturated rings. The van der Waals surface area contributed by atoms with E-state index < -0.39 is 0 Å². The Morgan fingerprint density at radius 3 is 2.85 bits per heavy atom. The minimum absolute atomic E-state index is 0.0780. The van der Waals surface area contributed by atoms with Crippen molar-refractivity contribution in [3.05, 3.63) is 45.4 Å². The number of halogens is 1. The summed E-state index contributed by atoms with van der Waals surface area (Å²) in [7, 11) is 0. The number of amides is 1. The number of nitrogens with zero attached hydrogens (tertiary/aromatic N) is 1. The lowest BCUT2D eigenvalue weighted by Gasteiger charge is -2.06. The quantitative estimate of drug-likeness (QED) is 0.813. The molecule has 0 aliphatic rings. The number of anilines is 1. The van der Waals surface area contributed by atoms with Crippen molar-refractivity contribution in [3.63, 3.8) is 0 Å². The Kier molecular flexibility index (Phi) is 5.31. The molecule has 3 nitrogen and oxygen atoms in total. The van der Waals surface area contributed by atoms with E-state index in [1.54, 1.807) is 0 Å². The van der Waals surface area contributed by atoms with Crippen molar-refractivity contribution in [1.29, 1.82) is 0 Å². The topological polar surface area (TPSA) is 42.0 Å². The Labute approximate surface area is 131 Å². The smallest absolute Gasteiger partial charge is 0.267 e. The van der Waals surface area contributed by atoms with Gasteiger partial charge in [0.1, 0.15) is 4.88 Å². The first kappa shape index (κ1) is 15.2. The summed E-state index contributed by atoms with van der Waals surface area (Å²) in [5.41, 5.74) is 2.87. The maximum absolute atomic E-state index is 12.2. The molecule has 2 rings (SSSR count). The van der Waals surface area contributed by atoms with Gasteiger partial charge in [0.15, 0.2) is 0 Å². The zero-order valence-electron chi connectivity index (χ0n) is 11.6. The number of carbonyl (C=O) groups is 1. The fourth-order valence-corrected chi connectivity index (χ4v) is 3.10. The number of hydrogen-bond acceptors (Lipinski definition) is 3. The fraction of sp³-hybridized carbons (Fsp3) is 0.333. The van der Waals surface area contributed by atoms with Gasteiger partial charge in [-0.2, -0.15) is 0 Å². The molecule has 0 unspecified atom stereocenters. The first-order valence-corrected chi connectivity index (χ1v) is 8.44. The molecule has 1 N–H and O–H groups in total. The zero-order chi connectivity index (χ0) is 14.5. The highest BCUT2D eigenvalue weighted by atomic mass is 79.9. The van der Waals surface area contributed by atoms with E-state index in [2.05, 4.69) is 32.3 Å². The van der Waals surface area contributed by atoms with E-state index in [0.717, 1.165) is 34.6 Å². The number of aromatic nitrogens is 1. The predicted octanol–water partition coefficient (Wildman–Crippen LogP) is 4.34. The molecular formula is C15H17BrN2OS. The van der Waals surface area contributed by atoms with Crippen LogP contribution in [0.3, 0.4) is 0 Å². The molecule has 0 atom stereocenters. The number of thiazole rings is 1. The molecule has 1 aromatic heterocycles. The number of benzene rings is 1. The monoisotopic (exact) mass is 352 g/mol. The van der Waals surface area contributed by atoms with Crippen LogP contribution in [0.1, 0.15) is 32.4 Å². The number of alkyl halides is 1. The molecule has 1 aromatic carbocycles. The molecule has 20 heavy (non-hydrogen) atoms. The second kappa shape index (κ2) is 6.99. The highest BCUT2D eigenvalue weighted by Crippen LogP contribution is 2.20. The number of rotatable bonds is 5. The Bertz CT molecular complexity index is 610. The molecule has 0 aliphatic heterocycles. The molecule has 1 heterocycles. The number of carbonyl (C=O) groups excluding carboxylic acids is 1. The third kappa shape index (κ3) is 3.90. The van der Waals surface area contributed by atoms with Gasteiger partial charge in [-0.05, 0) is 44.4 Å². The van der Waals surface area contributed by atoms with Crippen LogP contribution in [0.2, 0.25) is 0 Å². The second-order valence-corrected chi connectivity index (χ2v) is 6.59. The lowest BCUT2D eigenvalue weighted by atomic mass is 10.1. The van der Waals surface area contributed by atoms with E-state index >= 15 is 0 Å². The largest absolute Gasteiger partial charge is 0.321 e. The number of hydrogen-bond donors (Lipinski definition) is 1. The van der Waals surface area contributed by atoms with Crippen LogP contribution in [0.5, 0.6) is 0 Å². The lowest BCUT2D eigenvalue weighted by molar-refractivity contribution is 0.103. The van der Waals surface area contributed by atoms with E-state index in [1.165, 1.54) is 16.9 Å². The van der Waals surface area contributed by atoms with Crippen LogP contribution >= 0.6 is 27.3 Å². The van der Waals surface area contributed by atoms with E-state index in [0.29, 0.717) is 4.88 Å².